The first-order valence-corrected chi connectivity index (χ1v) is 16.5. The second-order valence-corrected chi connectivity index (χ2v) is 13.7. The van der Waals surface area contributed by atoms with Crippen LogP contribution in [0.1, 0.15) is 24.1 Å². The Morgan fingerprint density at radius 3 is 2.58 bits per heavy atom. The maximum absolute atomic E-state index is 13.9. The van der Waals surface area contributed by atoms with E-state index in [9.17, 15) is 9.35 Å². The molecule has 3 N–H and O–H groups in total. The summed E-state index contributed by atoms with van der Waals surface area (Å²) in [6.07, 6.45) is 3.91. The molecular weight excluding hydrogens is 583 g/mol. The Hall–Kier alpha value is -3.49. The molecule has 0 aliphatic carbocycles. The van der Waals surface area contributed by atoms with E-state index in [1.54, 1.807) is 27.2 Å². The van der Waals surface area contributed by atoms with Crippen LogP contribution in [0.15, 0.2) is 57.6 Å². The van der Waals surface area contributed by atoms with E-state index in [0.29, 0.717) is 56.5 Å². The zero-order valence-electron chi connectivity index (χ0n) is 25.1. The topological polar surface area (TPSA) is 126 Å². The quantitative estimate of drug-likeness (QED) is 0.203. The third-order valence-corrected chi connectivity index (χ3v) is 10.1. The van der Waals surface area contributed by atoms with Crippen LogP contribution in [0.3, 0.4) is 0 Å². The minimum atomic E-state index is -1.24. The van der Waals surface area contributed by atoms with E-state index in [0.717, 1.165) is 37.3 Å². The number of thiazole rings is 1. The van der Waals surface area contributed by atoms with Gasteiger partial charge in [0.2, 0.25) is 10.2 Å². The van der Waals surface area contributed by atoms with Gasteiger partial charge in [-0.2, -0.15) is 4.98 Å². The lowest BCUT2D eigenvalue weighted by atomic mass is 10.1. The lowest BCUT2D eigenvalue weighted by molar-refractivity contribution is 0.432. The number of fused-ring (bicyclic) bond motifs is 1. The predicted molar refractivity (Wildman–Crippen MR) is 177 cm³/mol. The van der Waals surface area contributed by atoms with Crippen molar-refractivity contribution in [3.8, 4) is 0 Å². The van der Waals surface area contributed by atoms with Gasteiger partial charge < -0.3 is 30.3 Å². The Balaban J connectivity index is 1.45. The second kappa shape index (κ2) is 13.9. The van der Waals surface area contributed by atoms with E-state index in [2.05, 4.69) is 32.5 Å². The van der Waals surface area contributed by atoms with E-state index in [4.69, 9.17) is 4.98 Å². The van der Waals surface area contributed by atoms with Gasteiger partial charge in [-0.15, -0.1) is 0 Å². The molecule has 1 aromatic carbocycles. The van der Waals surface area contributed by atoms with Gasteiger partial charge in [-0.25, -0.2) is 9.97 Å². The van der Waals surface area contributed by atoms with Gasteiger partial charge in [0.15, 0.2) is 0 Å². The van der Waals surface area contributed by atoms with Crippen LogP contribution < -0.4 is 21.5 Å². The minimum Gasteiger partial charge on any atom is -0.611 e. The van der Waals surface area contributed by atoms with E-state index in [-0.39, 0.29) is 12.1 Å². The van der Waals surface area contributed by atoms with Gasteiger partial charge in [-0.3, -0.25) is 9.36 Å². The Bertz CT molecular complexity index is 1610. The van der Waals surface area contributed by atoms with E-state index >= 15 is 0 Å². The van der Waals surface area contributed by atoms with Crippen molar-refractivity contribution in [1.82, 2.24) is 34.6 Å². The Morgan fingerprint density at radius 1 is 1.16 bits per heavy atom. The summed E-state index contributed by atoms with van der Waals surface area (Å²) in [6.45, 7) is 6.99. The number of hydrogen-bond acceptors (Lipinski definition) is 11. The molecule has 11 nitrogen and oxygen atoms in total. The van der Waals surface area contributed by atoms with Crippen molar-refractivity contribution in [1.29, 1.82) is 0 Å². The van der Waals surface area contributed by atoms with Crippen molar-refractivity contribution in [2.75, 3.05) is 64.2 Å². The number of pyridine rings is 1. The number of nitrogens with zero attached hydrogens (tertiary/aromatic N) is 6. The number of nitrogens with one attached hydrogen (secondary N) is 3. The molecular formula is C30H39N9O2S2. The van der Waals surface area contributed by atoms with Crippen LogP contribution >= 0.6 is 11.3 Å². The third-order valence-electron chi connectivity index (χ3n) is 7.37. The molecule has 4 aromatic rings. The standard InChI is InChI=1S/C30H39N9O2S2/c1-20(38(4)5)25-16-21-17-32-30(35-23-8-6-22(7-9-23)34-24-10-12-31-13-11-24)36-27(21)39(28(25)40)18-26-29(42-19-33-26)43(41)15-14-37(2)3/h6-9,16-17,19,24,31,34H,1,10-15,18H2,2-5H3,(H,32,35,36). The summed E-state index contributed by atoms with van der Waals surface area (Å²) in [5.41, 5.74) is 5.42. The van der Waals surface area contributed by atoms with Crippen molar-refractivity contribution in [3.63, 3.8) is 0 Å². The van der Waals surface area contributed by atoms with Crippen molar-refractivity contribution >= 4 is 56.6 Å². The highest BCUT2D eigenvalue weighted by Gasteiger charge is 2.23. The van der Waals surface area contributed by atoms with Gasteiger partial charge in [0.1, 0.15) is 17.1 Å². The fourth-order valence-corrected chi connectivity index (χ4v) is 7.29. The Morgan fingerprint density at radius 2 is 1.88 bits per heavy atom. The smallest absolute Gasteiger partial charge is 0.261 e. The first-order valence-electron chi connectivity index (χ1n) is 14.3. The molecule has 228 valence electrons. The fourth-order valence-electron chi connectivity index (χ4n) is 4.85. The van der Waals surface area contributed by atoms with Crippen molar-refractivity contribution in [3.05, 3.63) is 70.2 Å². The molecule has 1 atom stereocenters. The molecule has 4 heterocycles. The maximum Gasteiger partial charge on any atom is 0.261 e. The second-order valence-electron chi connectivity index (χ2n) is 11.1. The highest BCUT2D eigenvalue weighted by molar-refractivity contribution is 7.93. The largest absolute Gasteiger partial charge is 0.611 e. The number of benzene rings is 1. The molecule has 43 heavy (non-hydrogen) atoms. The fraction of sp³-hybridized carbons (Fsp3) is 0.400. The molecule has 0 radical (unpaired) electrons. The van der Waals surface area contributed by atoms with Crippen LogP contribution in [0.25, 0.3) is 16.7 Å². The average Bonchev–Trinajstić information content (AvgIpc) is 3.47. The van der Waals surface area contributed by atoms with Gasteiger partial charge in [-0.05, 0) is 81.5 Å². The Kier molecular flexibility index (Phi) is 9.98. The Labute approximate surface area is 259 Å². The van der Waals surface area contributed by atoms with Crippen LogP contribution in [-0.2, 0) is 17.7 Å². The first kappa shape index (κ1) is 31.0. The predicted octanol–water partition coefficient (Wildman–Crippen LogP) is 3.41. The summed E-state index contributed by atoms with van der Waals surface area (Å²) in [5, 5.41) is 11.0. The van der Waals surface area contributed by atoms with Crippen molar-refractivity contribution in [2.24, 2.45) is 0 Å². The molecule has 5 rings (SSSR count). The van der Waals surface area contributed by atoms with E-state index in [1.165, 1.54) is 11.3 Å². The van der Waals surface area contributed by atoms with E-state index < -0.39 is 11.2 Å². The van der Waals surface area contributed by atoms with Crippen LogP contribution in [-0.4, -0.2) is 93.5 Å². The molecule has 0 spiro atoms. The van der Waals surface area contributed by atoms with Crippen LogP contribution in [0, 0.1) is 0 Å². The van der Waals surface area contributed by atoms with Gasteiger partial charge in [0.25, 0.3) is 5.56 Å². The molecule has 13 heteroatoms. The summed E-state index contributed by atoms with van der Waals surface area (Å²) >= 11 is 0.112. The highest BCUT2D eigenvalue weighted by atomic mass is 32.2. The number of rotatable bonds is 12. The van der Waals surface area contributed by atoms with Gasteiger partial charge in [0, 0.05) is 55.3 Å². The number of anilines is 3. The van der Waals surface area contributed by atoms with Gasteiger partial charge in [-0.1, -0.05) is 17.9 Å². The number of hydrogen-bond donors (Lipinski definition) is 3. The molecule has 0 amide bonds. The minimum absolute atomic E-state index is 0.129. The molecule has 1 saturated heterocycles. The summed E-state index contributed by atoms with van der Waals surface area (Å²) in [6, 6.07) is 10.3. The summed E-state index contributed by atoms with van der Waals surface area (Å²) in [5.74, 6) is 0.851. The van der Waals surface area contributed by atoms with Crippen molar-refractivity contribution in [2.45, 2.75) is 29.6 Å². The van der Waals surface area contributed by atoms with Crippen LogP contribution in [0.5, 0.6) is 0 Å². The SMILES string of the molecule is C=C(c1cc2cnc(Nc3ccc(NC4CCNCC4)cc3)nc2n(Cc2ncsc2[S+]([O-])CCN(C)C)c1=O)N(C)C. The average molecular weight is 622 g/mol. The summed E-state index contributed by atoms with van der Waals surface area (Å²) < 4.78 is 15.4. The number of piperidine rings is 1. The molecule has 1 aliphatic heterocycles. The number of aromatic nitrogens is 4. The molecule has 1 unspecified atom stereocenters. The molecule has 1 fully saturated rings. The lowest BCUT2D eigenvalue weighted by Crippen LogP contribution is -2.35. The molecule has 3 aromatic heterocycles. The molecule has 1 aliphatic rings. The van der Waals surface area contributed by atoms with Gasteiger partial charge >= 0.3 is 0 Å². The summed E-state index contributed by atoms with van der Waals surface area (Å²) in [7, 11) is 7.59. The first-order chi connectivity index (χ1) is 20.7. The van der Waals surface area contributed by atoms with E-state index in [1.807, 2.05) is 57.4 Å². The zero-order valence-corrected chi connectivity index (χ0v) is 26.7. The third kappa shape index (κ3) is 7.54. The summed E-state index contributed by atoms with van der Waals surface area (Å²) in [4.78, 5) is 31.5. The molecule has 0 saturated carbocycles. The molecule has 0 bridgehead atoms. The zero-order chi connectivity index (χ0) is 30.5. The normalized spacial score (nSPS) is 14.7. The van der Waals surface area contributed by atoms with Crippen LogP contribution in [0.2, 0.25) is 0 Å². The van der Waals surface area contributed by atoms with Crippen molar-refractivity contribution < 1.29 is 4.55 Å². The van der Waals surface area contributed by atoms with Gasteiger partial charge in [0.05, 0.1) is 17.6 Å². The maximum atomic E-state index is 13.9. The van der Waals surface area contributed by atoms with Crippen LogP contribution in [0.4, 0.5) is 17.3 Å². The lowest BCUT2D eigenvalue weighted by Gasteiger charge is -2.24. The highest BCUT2D eigenvalue weighted by Crippen LogP contribution is 2.25. The monoisotopic (exact) mass is 621 g/mol.